The van der Waals surface area contributed by atoms with Gasteiger partial charge in [-0.05, 0) is 49.1 Å². The first-order chi connectivity index (χ1) is 20.7. The van der Waals surface area contributed by atoms with E-state index in [4.69, 9.17) is 4.74 Å². The second kappa shape index (κ2) is 13.3. The highest BCUT2D eigenvalue weighted by atomic mass is 32.2. The lowest BCUT2D eigenvalue weighted by Crippen LogP contribution is -2.50. The molecular weight excluding hydrogens is 587 g/mol. The number of amides is 1. The van der Waals surface area contributed by atoms with Gasteiger partial charge in [-0.25, -0.2) is 17.8 Å². The minimum absolute atomic E-state index is 0.0625. The molecule has 0 saturated carbocycles. The van der Waals surface area contributed by atoms with E-state index < -0.39 is 26.8 Å². The third-order valence-corrected chi connectivity index (χ3v) is 9.55. The third kappa shape index (κ3) is 7.73. The van der Waals surface area contributed by atoms with Gasteiger partial charge < -0.3 is 9.64 Å². The zero-order valence-corrected chi connectivity index (χ0v) is 26.6. The van der Waals surface area contributed by atoms with Crippen molar-refractivity contribution in [2.45, 2.75) is 59.3 Å². The topological polar surface area (TPSA) is 138 Å². The van der Waals surface area contributed by atoms with E-state index in [1.165, 1.54) is 36.0 Å². The van der Waals surface area contributed by atoms with Crippen LogP contribution in [0.25, 0.3) is 10.9 Å². The Morgan fingerprint density at radius 2 is 1.86 bits per heavy atom. The standard InChI is InChI=1S/C31H39FN6O5S/c1-6-21(2)44(41,42)35-27-10-8-25(32)29(24(27)19-33)43-22-7-9-26-23(17-22)30(40)38(20-34-26)16-13-36-11-14-37(15-12-36)28(39)18-31(3,4)5/h7-10,17,20-21,35H,6,11-16,18H2,1-5H3. The quantitative estimate of drug-likeness (QED) is 0.351. The predicted octanol–water partition coefficient (Wildman–Crippen LogP) is 4.32. The number of hydrogen-bond acceptors (Lipinski definition) is 8. The van der Waals surface area contributed by atoms with Crippen LogP contribution in [0.2, 0.25) is 0 Å². The van der Waals surface area contributed by atoms with Gasteiger partial charge in [-0.2, -0.15) is 5.26 Å². The molecule has 1 saturated heterocycles. The summed E-state index contributed by atoms with van der Waals surface area (Å²) in [4.78, 5) is 34.4. The number of hydrogen-bond donors (Lipinski definition) is 1. The number of aromatic nitrogens is 2. The number of ether oxygens (including phenoxy) is 1. The van der Waals surface area contributed by atoms with Crippen LogP contribution in [0.4, 0.5) is 10.1 Å². The van der Waals surface area contributed by atoms with Gasteiger partial charge in [-0.15, -0.1) is 0 Å². The van der Waals surface area contributed by atoms with Crippen molar-refractivity contribution in [2.75, 3.05) is 37.4 Å². The average molecular weight is 627 g/mol. The maximum Gasteiger partial charge on any atom is 0.261 e. The van der Waals surface area contributed by atoms with E-state index in [-0.39, 0.29) is 39.3 Å². The van der Waals surface area contributed by atoms with Gasteiger partial charge in [0.05, 0.1) is 28.2 Å². The van der Waals surface area contributed by atoms with Gasteiger partial charge in [0.2, 0.25) is 15.9 Å². The average Bonchev–Trinajstić information content (AvgIpc) is 2.97. The molecule has 236 valence electrons. The van der Waals surface area contributed by atoms with E-state index in [2.05, 4.69) is 14.6 Å². The summed E-state index contributed by atoms with van der Waals surface area (Å²) in [6.45, 7) is 13.1. The molecule has 13 heteroatoms. The number of nitrogens with one attached hydrogen (secondary N) is 1. The van der Waals surface area contributed by atoms with Gasteiger partial charge in [0.1, 0.15) is 17.4 Å². The molecule has 1 aromatic heterocycles. The van der Waals surface area contributed by atoms with Crippen molar-refractivity contribution in [3.05, 3.63) is 58.4 Å². The van der Waals surface area contributed by atoms with E-state index >= 15 is 0 Å². The molecule has 0 spiro atoms. The Balaban J connectivity index is 1.49. The van der Waals surface area contributed by atoms with Crippen molar-refractivity contribution in [1.82, 2.24) is 19.4 Å². The van der Waals surface area contributed by atoms with Crippen molar-refractivity contribution in [3.63, 3.8) is 0 Å². The molecule has 1 fully saturated rings. The second-order valence-corrected chi connectivity index (χ2v) is 14.4. The molecule has 2 heterocycles. The Hall–Kier alpha value is -4.02. The lowest BCUT2D eigenvalue weighted by molar-refractivity contribution is -0.134. The van der Waals surface area contributed by atoms with Crippen LogP contribution in [0.5, 0.6) is 11.5 Å². The first kappa shape index (κ1) is 32.9. The van der Waals surface area contributed by atoms with Gasteiger partial charge in [-0.1, -0.05) is 27.7 Å². The van der Waals surface area contributed by atoms with Crippen LogP contribution in [-0.4, -0.2) is 71.6 Å². The number of anilines is 1. The number of nitrogens with zero attached hydrogens (tertiary/aromatic N) is 5. The largest absolute Gasteiger partial charge is 0.453 e. The molecule has 4 rings (SSSR count). The predicted molar refractivity (Wildman–Crippen MR) is 167 cm³/mol. The van der Waals surface area contributed by atoms with Gasteiger partial charge in [0.15, 0.2) is 11.6 Å². The van der Waals surface area contributed by atoms with Gasteiger partial charge in [0, 0.05) is 45.7 Å². The number of piperazine rings is 1. The van der Waals surface area contributed by atoms with E-state index in [9.17, 15) is 27.7 Å². The number of carbonyl (C=O) groups excluding carboxylic acids is 1. The van der Waals surface area contributed by atoms with Crippen molar-refractivity contribution in [1.29, 1.82) is 5.26 Å². The number of nitriles is 1. The molecule has 0 radical (unpaired) electrons. The molecule has 0 bridgehead atoms. The molecule has 1 N–H and O–H groups in total. The smallest absolute Gasteiger partial charge is 0.261 e. The summed E-state index contributed by atoms with van der Waals surface area (Å²) in [6, 6.07) is 8.50. The van der Waals surface area contributed by atoms with Crippen LogP contribution in [0.15, 0.2) is 41.5 Å². The van der Waals surface area contributed by atoms with Crippen molar-refractivity contribution >= 4 is 32.5 Å². The van der Waals surface area contributed by atoms with Crippen LogP contribution in [0.1, 0.15) is 53.0 Å². The number of sulfonamides is 1. The molecule has 1 unspecified atom stereocenters. The Bertz CT molecular complexity index is 1740. The molecule has 11 nitrogen and oxygen atoms in total. The zero-order valence-electron chi connectivity index (χ0n) is 25.8. The molecule has 44 heavy (non-hydrogen) atoms. The van der Waals surface area contributed by atoms with E-state index in [1.807, 2.05) is 31.7 Å². The molecule has 2 aromatic carbocycles. The summed E-state index contributed by atoms with van der Waals surface area (Å²) in [5, 5.41) is 9.30. The minimum Gasteiger partial charge on any atom is -0.453 e. The Labute approximate surface area is 257 Å². The summed E-state index contributed by atoms with van der Waals surface area (Å²) in [5.74, 6) is -1.08. The summed E-state index contributed by atoms with van der Waals surface area (Å²) < 4.78 is 49.7. The summed E-state index contributed by atoms with van der Waals surface area (Å²) in [6.07, 6.45) is 2.33. The second-order valence-electron chi connectivity index (χ2n) is 12.3. The fourth-order valence-corrected chi connectivity index (χ4v) is 5.96. The molecule has 1 atom stereocenters. The Morgan fingerprint density at radius 1 is 1.16 bits per heavy atom. The Morgan fingerprint density at radius 3 is 2.50 bits per heavy atom. The molecule has 1 amide bonds. The van der Waals surface area contributed by atoms with Crippen LogP contribution in [0, 0.1) is 22.6 Å². The van der Waals surface area contributed by atoms with Crippen LogP contribution in [0.3, 0.4) is 0 Å². The molecule has 1 aliphatic rings. The fourth-order valence-electron chi connectivity index (χ4n) is 4.84. The Kier molecular flexibility index (Phi) is 9.95. The fraction of sp³-hybridized carbons (Fsp3) is 0.484. The maximum atomic E-state index is 14.9. The molecular formula is C31H39FN6O5S. The highest BCUT2D eigenvalue weighted by Gasteiger charge is 2.26. The van der Waals surface area contributed by atoms with E-state index in [0.29, 0.717) is 57.6 Å². The number of fused-ring (bicyclic) bond motifs is 1. The van der Waals surface area contributed by atoms with Crippen LogP contribution < -0.4 is 15.0 Å². The zero-order chi connectivity index (χ0) is 32.2. The third-order valence-electron chi connectivity index (χ3n) is 7.66. The molecule has 0 aliphatic carbocycles. The van der Waals surface area contributed by atoms with Crippen molar-refractivity contribution in [3.8, 4) is 17.6 Å². The van der Waals surface area contributed by atoms with E-state index in [0.717, 1.165) is 6.07 Å². The number of benzene rings is 2. The van der Waals surface area contributed by atoms with E-state index in [1.54, 1.807) is 13.0 Å². The molecule has 1 aliphatic heterocycles. The van der Waals surface area contributed by atoms with Crippen LogP contribution >= 0.6 is 0 Å². The van der Waals surface area contributed by atoms with Crippen molar-refractivity contribution < 1.29 is 22.3 Å². The first-order valence-corrected chi connectivity index (χ1v) is 16.2. The van der Waals surface area contributed by atoms with Crippen LogP contribution in [-0.2, 0) is 21.4 Å². The monoisotopic (exact) mass is 626 g/mol. The normalized spacial score (nSPS) is 15.2. The summed E-state index contributed by atoms with van der Waals surface area (Å²) >= 11 is 0. The number of carbonyl (C=O) groups is 1. The highest BCUT2D eigenvalue weighted by molar-refractivity contribution is 7.93. The van der Waals surface area contributed by atoms with Gasteiger partial charge in [-0.3, -0.25) is 23.8 Å². The first-order valence-electron chi connectivity index (χ1n) is 14.6. The maximum absolute atomic E-state index is 14.9. The van der Waals surface area contributed by atoms with Gasteiger partial charge in [0.25, 0.3) is 5.56 Å². The lowest BCUT2D eigenvalue weighted by atomic mass is 9.91. The number of halogens is 1. The summed E-state index contributed by atoms with van der Waals surface area (Å²) in [5.41, 5.74) is -0.377. The summed E-state index contributed by atoms with van der Waals surface area (Å²) in [7, 11) is -3.82. The number of rotatable bonds is 10. The minimum atomic E-state index is -3.82. The highest BCUT2D eigenvalue weighted by Crippen LogP contribution is 2.34. The van der Waals surface area contributed by atoms with Gasteiger partial charge >= 0.3 is 0 Å². The van der Waals surface area contributed by atoms with Crippen molar-refractivity contribution in [2.24, 2.45) is 5.41 Å². The SMILES string of the molecule is CCC(C)S(=O)(=O)Nc1ccc(F)c(Oc2ccc3ncn(CCN4CCN(C(=O)CC(C)(C)C)CC4)c(=O)c3c2)c1C#N. The molecule has 3 aromatic rings. The lowest BCUT2D eigenvalue weighted by Gasteiger charge is -2.36.